The van der Waals surface area contributed by atoms with Crippen LogP contribution < -0.4 is 25.9 Å². The third-order valence-corrected chi connectivity index (χ3v) is 6.52. The summed E-state index contributed by atoms with van der Waals surface area (Å²) < 4.78 is 12.8. The number of pyridine rings is 1. The van der Waals surface area contributed by atoms with Crippen molar-refractivity contribution in [3.8, 4) is 45.3 Å². The van der Waals surface area contributed by atoms with Crippen molar-refractivity contribution in [1.29, 1.82) is 0 Å². The molecule has 0 unspecified atom stereocenters. The van der Waals surface area contributed by atoms with Crippen molar-refractivity contribution in [3.63, 3.8) is 0 Å². The zero-order valence-electron chi connectivity index (χ0n) is 17.7. The highest BCUT2D eigenvalue weighted by Crippen LogP contribution is 2.36. The van der Waals surface area contributed by atoms with E-state index in [2.05, 4.69) is 65.6 Å². The molecule has 154 valence electrons. The number of hydrogen-bond acceptors (Lipinski definition) is 3. The summed E-state index contributed by atoms with van der Waals surface area (Å²) in [5, 5.41) is 0. The van der Waals surface area contributed by atoms with Gasteiger partial charge in [-0.25, -0.2) is 0 Å². The number of nitrogens with zero attached hydrogens (tertiary/aromatic N) is 1. The topological polar surface area (TPSA) is 31.4 Å². The number of rotatable bonds is 2. The van der Waals surface area contributed by atoms with E-state index in [1.54, 1.807) is 0 Å². The molecule has 0 spiro atoms. The SMILES string of the molecule is c1ccc(-c2ccc3c(c2)Oc2cccc4c2B3c2ccc(-c3ccncc3)cc2O4)cc1. The first-order valence-corrected chi connectivity index (χ1v) is 11.1. The molecule has 4 aromatic carbocycles. The minimum absolute atomic E-state index is 0.0695. The van der Waals surface area contributed by atoms with Gasteiger partial charge in [-0.15, -0.1) is 0 Å². The Morgan fingerprint density at radius 2 is 1.06 bits per heavy atom. The van der Waals surface area contributed by atoms with E-state index < -0.39 is 0 Å². The Hall–Kier alpha value is -4.31. The van der Waals surface area contributed by atoms with Gasteiger partial charge in [0.2, 0.25) is 0 Å². The summed E-state index contributed by atoms with van der Waals surface area (Å²) in [7, 11) is 0. The molecule has 0 N–H and O–H groups in total. The van der Waals surface area contributed by atoms with E-state index in [0.29, 0.717) is 0 Å². The van der Waals surface area contributed by atoms with Gasteiger partial charge < -0.3 is 9.47 Å². The molecule has 1 aromatic heterocycles. The number of aromatic nitrogens is 1. The molecule has 3 heterocycles. The smallest absolute Gasteiger partial charge is 0.260 e. The van der Waals surface area contributed by atoms with Crippen molar-refractivity contribution in [1.82, 2.24) is 4.98 Å². The monoisotopic (exact) mass is 423 g/mol. The van der Waals surface area contributed by atoms with Gasteiger partial charge in [-0.3, -0.25) is 4.98 Å². The van der Waals surface area contributed by atoms with E-state index in [1.807, 2.05) is 48.8 Å². The Bertz CT molecular complexity index is 1400. The maximum atomic E-state index is 6.41. The molecule has 2 aliphatic heterocycles. The van der Waals surface area contributed by atoms with Crippen LogP contribution in [0.2, 0.25) is 0 Å². The molecule has 0 saturated carbocycles. The molecule has 0 atom stereocenters. The maximum absolute atomic E-state index is 6.41. The van der Waals surface area contributed by atoms with E-state index in [4.69, 9.17) is 9.47 Å². The molecule has 0 bridgehead atoms. The van der Waals surface area contributed by atoms with E-state index in [0.717, 1.165) is 56.1 Å². The Labute approximate surface area is 192 Å². The highest BCUT2D eigenvalue weighted by Gasteiger charge is 2.40. The molecular weight excluding hydrogens is 405 g/mol. The third kappa shape index (κ3) is 2.88. The van der Waals surface area contributed by atoms with Crippen LogP contribution in [0.25, 0.3) is 22.3 Å². The predicted molar refractivity (Wildman–Crippen MR) is 133 cm³/mol. The van der Waals surface area contributed by atoms with Crippen LogP contribution in [0.4, 0.5) is 0 Å². The lowest BCUT2D eigenvalue weighted by Gasteiger charge is -2.33. The Balaban J connectivity index is 1.40. The number of fused-ring (bicyclic) bond motifs is 4. The van der Waals surface area contributed by atoms with Gasteiger partial charge in [0, 0.05) is 17.9 Å². The molecule has 0 radical (unpaired) electrons. The highest BCUT2D eigenvalue weighted by molar-refractivity contribution is 6.98. The quantitative estimate of drug-likeness (QED) is 0.361. The first-order chi connectivity index (χ1) is 16.3. The van der Waals surface area contributed by atoms with Crippen molar-refractivity contribution < 1.29 is 9.47 Å². The van der Waals surface area contributed by atoms with E-state index >= 15 is 0 Å². The zero-order valence-corrected chi connectivity index (χ0v) is 17.7. The number of benzene rings is 4. The van der Waals surface area contributed by atoms with Crippen LogP contribution in [0, 0.1) is 0 Å². The highest BCUT2D eigenvalue weighted by atomic mass is 16.5. The zero-order chi connectivity index (χ0) is 21.8. The van der Waals surface area contributed by atoms with Crippen molar-refractivity contribution >= 4 is 23.1 Å². The van der Waals surface area contributed by atoms with Gasteiger partial charge in [-0.2, -0.15) is 0 Å². The van der Waals surface area contributed by atoms with Gasteiger partial charge in [0.1, 0.15) is 23.0 Å². The number of ether oxygens (including phenoxy) is 2. The van der Waals surface area contributed by atoms with E-state index in [-0.39, 0.29) is 6.71 Å². The summed E-state index contributed by atoms with van der Waals surface area (Å²) in [6, 6.07) is 33.5. The van der Waals surface area contributed by atoms with Gasteiger partial charge in [0.25, 0.3) is 6.71 Å². The van der Waals surface area contributed by atoms with Crippen LogP contribution in [0.1, 0.15) is 0 Å². The van der Waals surface area contributed by atoms with Crippen LogP contribution in [-0.4, -0.2) is 11.7 Å². The van der Waals surface area contributed by atoms with Crippen molar-refractivity contribution in [2.45, 2.75) is 0 Å². The largest absolute Gasteiger partial charge is 0.458 e. The van der Waals surface area contributed by atoms with Crippen LogP contribution in [-0.2, 0) is 0 Å². The molecule has 33 heavy (non-hydrogen) atoms. The molecule has 0 fully saturated rings. The fourth-order valence-electron chi connectivity index (χ4n) is 4.96. The second kappa shape index (κ2) is 7.11. The van der Waals surface area contributed by atoms with Crippen molar-refractivity contribution in [3.05, 3.63) is 109 Å². The lowest BCUT2D eigenvalue weighted by Crippen LogP contribution is -2.57. The molecular formula is C29H18BNO2. The van der Waals surface area contributed by atoms with Gasteiger partial charge in [-0.05, 0) is 69.6 Å². The second-order valence-corrected chi connectivity index (χ2v) is 8.41. The first kappa shape index (κ1) is 18.3. The van der Waals surface area contributed by atoms with Gasteiger partial charge in [0.05, 0.1) is 0 Å². The lowest BCUT2D eigenvalue weighted by molar-refractivity contribution is 0.464. The fraction of sp³-hybridized carbons (Fsp3) is 0. The fourth-order valence-corrected chi connectivity index (χ4v) is 4.96. The van der Waals surface area contributed by atoms with Gasteiger partial charge in [0.15, 0.2) is 0 Å². The predicted octanol–water partition coefficient (Wildman–Crippen LogP) is 5.14. The molecule has 5 aromatic rings. The molecule has 0 aliphatic carbocycles. The Morgan fingerprint density at radius 1 is 0.485 bits per heavy atom. The molecule has 4 heteroatoms. The minimum Gasteiger partial charge on any atom is -0.458 e. The maximum Gasteiger partial charge on any atom is 0.260 e. The van der Waals surface area contributed by atoms with Gasteiger partial charge >= 0.3 is 0 Å². The van der Waals surface area contributed by atoms with Crippen LogP contribution in [0.15, 0.2) is 109 Å². The molecule has 3 nitrogen and oxygen atoms in total. The van der Waals surface area contributed by atoms with Crippen molar-refractivity contribution in [2.24, 2.45) is 0 Å². The summed E-state index contributed by atoms with van der Waals surface area (Å²) in [5.74, 6) is 3.50. The first-order valence-electron chi connectivity index (χ1n) is 11.1. The summed E-state index contributed by atoms with van der Waals surface area (Å²) in [4.78, 5) is 4.14. The molecule has 0 saturated heterocycles. The van der Waals surface area contributed by atoms with Crippen LogP contribution >= 0.6 is 0 Å². The Morgan fingerprint density at radius 3 is 1.67 bits per heavy atom. The number of hydrogen-bond donors (Lipinski definition) is 0. The average Bonchev–Trinajstić information content (AvgIpc) is 2.89. The summed E-state index contributed by atoms with van der Waals surface area (Å²) in [6.07, 6.45) is 3.63. The normalized spacial score (nSPS) is 12.7. The lowest BCUT2D eigenvalue weighted by atomic mass is 9.35. The van der Waals surface area contributed by atoms with Gasteiger partial charge in [-0.1, -0.05) is 60.7 Å². The second-order valence-electron chi connectivity index (χ2n) is 8.41. The van der Waals surface area contributed by atoms with Crippen LogP contribution in [0.3, 0.4) is 0 Å². The Kier molecular flexibility index (Phi) is 3.94. The average molecular weight is 423 g/mol. The molecule has 2 aliphatic rings. The molecule has 0 amide bonds. The third-order valence-electron chi connectivity index (χ3n) is 6.52. The van der Waals surface area contributed by atoms with E-state index in [9.17, 15) is 0 Å². The standard InChI is InChI=1S/C29H18BNO2/c1-2-5-19(6-3-1)21-9-11-23-27(17-21)32-25-7-4-8-26-29(25)30(23)24-12-10-22(18-28(24)33-26)20-13-15-31-16-14-20/h1-18H. The minimum atomic E-state index is 0.0695. The molecule has 7 rings (SSSR count). The summed E-state index contributed by atoms with van der Waals surface area (Å²) >= 11 is 0. The summed E-state index contributed by atoms with van der Waals surface area (Å²) in [5.41, 5.74) is 7.98. The van der Waals surface area contributed by atoms with Crippen molar-refractivity contribution in [2.75, 3.05) is 0 Å². The van der Waals surface area contributed by atoms with Crippen LogP contribution in [0.5, 0.6) is 23.0 Å². The van der Waals surface area contributed by atoms with E-state index in [1.165, 1.54) is 5.56 Å². The summed E-state index contributed by atoms with van der Waals surface area (Å²) in [6.45, 7) is 0.0695.